The molecule has 1 aliphatic carbocycles. The molecule has 2 N–H and O–H groups in total. The molecule has 0 radical (unpaired) electrons. The second-order valence-electron chi connectivity index (χ2n) is 11.0. The number of sulfonamides is 1. The van der Waals surface area contributed by atoms with E-state index in [0.717, 1.165) is 75.0 Å². The van der Waals surface area contributed by atoms with Crippen molar-refractivity contribution in [1.29, 1.82) is 0 Å². The smallest absolute Gasteiger partial charge is 0.208 e. The van der Waals surface area contributed by atoms with E-state index in [0.29, 0.717) is 23.5 Å². The van der Waals surface area contributed by atoms with E-state index in [4.69, 9.17) is 4.74 Å². The molecule has 0 atom stereocenters. The average Bonchev–Trinajstić information content (AvgIpc) is 2.89. The van der Waals surface area contributed by atoms with Gasteiger partial charge in [0.1, 0.15) is 5.75 Å². The van der Waals surface area contributed by atoms with Gasteiger partial charge in [-0.1, -0.05) is 24.3 Å². The van der Waals surface area contributed by atoms with Crippen LogP contribution in [-0.2, 0) is 31.8 Å². The number of sulfone groups is 1. The highest BCUT2D eigenvalue weighted by molar-refractivity contribution is 7.90. The van der Waals surface area contributed by atoms with Gasteiger partial charge in [-0.15, -0.1) is 0 Å². The van der Waals surface area contributed by atoms with E-state index in [1.807, 2.05) is 30.3 Å². The lowest BCUT2D eigenvalue weighted by Gasteiger charge is -2.43. The van der Waals surface area contributed by atoms with E-state index in [1.54, 1.807) is 19.2 Å². The molecule has 1 heterocycles. The topological polar surface area (TPSA) is 105 Å². The van der Waals surface area contributed by atoms with E-state index >= 15 is 0 Å². The van der Waals surface area contributed by atoms with Crippen molar-refractivity contribution in [3.05, 3.63) is 59.7 Å². The normalized spacial score (nSPS) is 23.8. The molecule has 2 aromatic rings. The maximum atomic E-state index is 11.9. The Morgan fingerprint density at radius 2 is 1.55 bits per heavy atom. The van der Waals surface area contributed by atoms with Crippen LogP contribution < -0.4 is 14.8 Å². The monoisotopic (exact) mass is 563 g/mol. The Balaban J connectivity index is 1.30. The van der Waals surface area contributed by atoms with Crippen LogP contribution in [0, 0.1) is 0 Å². The summed E-state index contributed by atoms with van der Waals surface area (Å²) in [7, 11) is -4.80. The number of methoxy groups -OCH3 is 1. The summed E-state index contributed by atoms with van der Waals surface area (Å²) >= 11 is 0. The number of ether oxygens (including phenoxy) is 1. The summed E-state index contributed by atoms with van der Waals surface area (Å²) in [6, 6.07) is 16.1. The fraction of sp³-hybridized carbons (Fsp3) is 0.571. The van der Waals surface area contributed by atoms with Gasteiger partial charge in [0.25, 0.3) is 0 Å². The highest BCUT2D eigenvalue weighted by Crippen LogP contribution is 2.40. The first-order valence-electron chi connectivity index (χ1n) is 13.3. The standard InChI is InChI=1S/C28H41N3O5S2/c1-36-26-6-4-5-23(19-26)28(21-29-38(3,34)35)15-11-24(12-16-28)30-25-13-17-31(18-14-25)20-22-7-9-27(10-8-22)37(2,32)33/h4-10,19,24-25,29-30H,11-18,20-21H2,1-3H3/t24-,28-. The van der Waals surface area contributed by atoms with Crippen LogP contribution in [0.15, 0.2) is 53.4 Å². The second-order valence-corrected chi connectivity index (χ2v) is 14.9. The number of hydrogen-bond donors (Lipinski definition) is 2. The number of nitrogens with zero attached hydrogens (tertiary/aromatic N) is 1. The molecule has 1 saturated carbocycles. The molecule has 0 amide bonds. The van der Waals surface area contributed by atoms with Gasteiger partial charge in [0.2, 0.25) is 10.0 Å². The molecule has 2 aromatic carbocycles. The fourth-order valence-corrected chi connectivity index (χ4v) is 6.99. The van der Waals surface area contributed by atoms with Crippen LogP contribution in [0.25, 0.3) is 0 Å². The lowest BCUT2D eigenvalue weighted by atomic mass is 9.68. The highest BCUT2D eigenvalue weighted by atomic mass is 32.2. The van der Waals surface area contributed by atoms with Gasteiger partial charge in [0, 0.05) is 36.8 Å². The largest absolute Gasteiger partial charge is 0.497 e. The summed E-state index contributed by atoms with van der Waals surface area (Å²) in [5.74, 6) is 0.791. The Labute approximate surface area is 228 Å². The molecule has 0 unspecified atom stereocenters. The van der Waals surface area contributed by atoms with Gasteiger partial charge >= 0.3 is 0 Å². The summed E-state index contributed by atoms with van der Waals surface area (Å²) in [6.07, 6.45) is 8.41. The quantitative estimate of drug-likeness (QED) is 0.458. The molecule has 4 rings (SSSR count). The van der Waals surface area contributed by atoms with Gasteiger partial charge < -0.3 is 10.1 Å². The first kappa shape index (κ1) is 29.0. The predicted octanol–water partition coefficient (Wildman–Crippen LogP) is 3.08. The minimum atomic E-state index is -3.29. The molecule has 0 spiro atoms. The number of nitrogens with one attached hydrogen (secondary N) is 2. The SMILES string of the molecule is COc1cccc([C@]2(CNS(C)(=O)=O)CC[C@@H](NC3CCN(Cc4ccc(S(C)(=O)=O)cc4)CC3)CC2)c1. The van der Waals surface area contributed by atoms with Crippen molar-refractivity contribution < 1.29 is 21.6 Å². The minimum Gasteiger partial charge on any atom is -0.497 e. The molecule has 0 bridgehead atoms. The minimum absolute atomic E-state index is 0.244. The van der Waals surface area contributed by atoms with E-state index in [1.165, 1.54) is 12.5 Å². The first-order chi connectivity index (χ1) is 18.0. The zero-order chi connectivity index (χ0) is 27.4. The molecule has 210 valence electrons. The Bertz CT molecular complexity index is 1280. The summed E-state index contributed by atoms with van der Waals surface area (Å²) < 4.78 is 55.4. The fourth-order valence-electron chi connectivity index (χ4n) is 5.82. The summed E-state index contributed by atoms with van der Waals surface area (Å²) in [6.45, 7) is 3.24. The molecule has 1 saturated heterocycles. The maximum Gasteiger partial charge on any atom is 0.208 e. The van der Waals surface area contributed by atoms with Crippen molar-refractivity contribution in [2.45, 2.75) is 67.5 Å². The van der Waals surface area contributed by atoms with Gasteiger partial charge in [0.15, 0.2) is 9.84 Å². The summed E-state index contributed by atoms with van der Waals surface area (Å²) in [5, 5.41) is 3.89. The molecular weight excluding hydrogens is 522 g/mol. The lowest BCUT2D eigenvalue weighted by Crippen LogP contribution is -2.50. The summed E-state index contributed by atoms with van der Waals surface area (Å²) in [4.78, 5) is 2.79. The zero-order valence-electron chi connectivity index (χ0n) is 22.6. The van der Waals surface area contributed by atoms with Crippen LogP contribution in [0.1, 0.15) is 49.7 Å². The van der Waals surface area contributed by atoms with E-state index in [2.05, 4.69) is 21.0 Å². The van der Waals surface area contributed by atoms with Crippen molar-refractivity contribution in [2.75, 3.05) is 39.3 Å². The van der Waals surface area contributed by atoms with Gasteiger partial charge in [-0.25, -0.2) is 21.6 Å². The number of hydrogen-bond acceptors (Lipinski definition) is 7. The average molecular weight is 564 g/mol. The first-order valence-corrected chi connectivity index (χ1v) is 17.1. The lowest BCUT2D eigenvalue weighted by molar-refractivity contribution is 0.167. The summed E-state index contributed by atoms with van der Waals surface area (Å²) in [5.41, 5.74) is 2.02. The number of likely N-dealkylation sites (tertiary alicyclic amines) is 1. The highest BCUT2D eigenvalue weighted by Gasteiger charge is 2.38. The van der Waals surface area contributed by atoms with Gasteiger partial charge in [-0.05, 0) is 87.0 Å². The van der Waals surface area contributed by atoms with Crippen molar-refractivity contribution in [3.63, 3.8) is 0 Å². The van der Waals surface area contributed by atoms with Crippen molar-refractivity contribution in [3.8, 4) is 5.75 Å². The molecule has 0 aromatic heterocycles. The van der Waals surface area contributed by atoms with E-state index in [-0.39, 0.29) is 5.41 Å². The number of piperidine rings is 1. The van der Waals surface area contributed by atoms with Gasteiger partial charge in [0.05, 0.1) is 18.3 Å². The third kappa shape index (κ3) is 7.79. The Hall–Kier alpha value is -1.98. The number of rotatable bonds is 10. The predicted molar refractivity (Wildman–Crippen MR) is 151 cm³/mol. The molecule has 38 heavy (non-hydrogen) atoms. The molecule has 1 aliphatic heterocycles. The van der Waals surface area contributed by atoms with E-state index in [9.17, 15) is 16.8 Å². The van der Waals surface area contributed by atoms with Crippen LogP contribution in [0.5, 0.6) is 5.75 Å². The third-order valence-corrected chi connectivity index (χ3v) is 9.91. The zero-order valence-corrected chi connectivity index (χ0v) is 24.3. The Morgan fingerprint density at radius 3 is 2.13 bits per heavy atom. The van der Waals surface area contributed by atoms with Crippen LogP contribution in [0.4, 0.5) is 0 Å². The molecule has 10 heteroatoms. The maximum absolute atomic E-state index is 11.9. The van der Waals surface area contributed by atoms with Gasteiger partial charge in [-0.3, -0.25) is 4.90 Å². The van der Waals surface area contributed by atoms with E-state index < -0.39 is 19.9 Å². The molecule has 8 nitrogen and oxygen atoms in total. The molecule has 2 aliphatic rings. The van der Waals surface area contributed by atoms with Crippen LogP contribution in [0.3, 0.4) is 0 Å². The van der Waals surface area contributed by atoms with Crippen LogP contribution in [0.2, 0.25) is 0 Å². The van der Waals surface area contributed by atoms with Crippen LogP contribution in [-0.4, -0.2) is 73.1 Å². The van der Waals surface area contributed by atoms with Crippen molar-refractivity contribution >= 4 is 19.9 Å². The van der Waals surface area contributed by atoms with Crippen molar-refractivity contribution in [1.82, 2.24) is 14.9 Å². The third-order valence-electron chi connectivity index (χ3n) is 8.11. The van der Waals surface area contributed by atoms with Crippen LogP contribution >= 0.6 is 0 Å². The van der Waals surface area contributed by atoms with Gasteiger partial charge in [-0.2, -0.15) is 0 Å². The van der Waals surface area contributed by atoms with Crippen molar-refractivity contribution in [2.24, 2.45) is 0 Å². The Morgan fingerprint density at radius 1 is 0.921 bits per heavy atom. The Kier molecular flexibility index (Phi) is 9.19. The second kappa shape index (κ2) is 12.0. The molecule has 2 fully saturated rings. The number of benzene rings is 2. The molecular formula is C28H41N3O5S2.